The third-order valence-corrected chi connectivity index (χ3v) is 3.37. The fourth-order valence-electron chi connectivity index (χ4n) is 2.20. The predicted molar refractivity (Wildman–Crippen MR) is 75.9 cm³/mol. The van der Waals surface area contributed by atoms with Crippen LogP contribution in [0.1, 0.15) is 0 Å². The maximum absolute atomic E-state index is 5.72. The number of pyridine rings is 1. The Morgan fingerprint density at radius 1 is 1.28 bits per heavy atom. The van der Waals surface area contributed by atoms with Crippen LogP contribution >= 0.6 is 0 Å². The minimum atomic E-state index is 0.600. The van der Waals surface area contributed by atoms with Crippen molar-refractivity contribution in [2.45, 2.75) is 0 Å². The number of rotatable bonds is 4. The third kappa shape index (κ3) is 3.58. The molecule has 2 heterocycles. The highest BCUT2D eigenvalue weighted by atomic mass is 15.3. The van der Waals surface area contributed by atoms with Gasteiger partial charge in [0.2, 0.25) is 0 Å². The van der Waals surface area contributed by atoms with Crippen LogP contribution in [0.15, 0.2) is 18.3 Å². The summed E-state index contributed by atoms with van der Waals surface area (Å²) in [4.78, 5) is 11.2. The van der Waals surface area contributed by atoms with E-state index < -0.39 is 0 Å². The number of hydrogen-bond acceptors (Lipinski definition) is 5. The molecule has 0 atom stereocenters. The Balaban J connectivity index is 1.83. The van der Waals surface area contributed by atoms with Gasteiger partial charge in [-0.2, -0.15) is 0 Å². The number of anilines is 2. The monoisotopic (exact) mass is 249 g/mol. The fourth-order valence-corrected chi connectivity index (χ4v) is 2.20. The molecule has 1 aromatic heterocycles. The summed E-state index contributed by atoms with van der Waals surface area (Å²) >= 11 is 0. The highest BCUT2D eigenvalue weighted by molar-refractivity contribution is 5.52. The molecule has 0 bridgehead atoms. The average molecular weight is 249 g/mol. The van der Waals surface area contributed by atoms with Crippen molar-refractivity contribution in [2.75, 3.05) is 64.0 Å². The predicted octanol–water partition coefficient (Wildman–Crippen LogP) is 0.347. The number of nitrogens with zero attached hydrogens (tertiary/aromatic N) is 4. The standard InChI is InChI=1S/C13H23N5/c1-16(2)5-6-17-7-9-18(10-8-17)12-3-4-15-13(14)11-12/h3-4,11H,5-10H2,1-2H3,(H2,14,15). The molecule has 0 amide bonds. The second-order valence-electron chi connectivity index (χ2n) is 5.07. The summed E-state index contributed by atoms with van der Waals surface area (Å²) < 4.78 is 0. The Labute approximate surface area is 109 Å². The van der Waals surface area contributed by atoms with Gasteiger partial charge in [0, 0.05) is 57.2 Å². The molecule has 0 spiro atoms. The lowest BCUT2D eigenvalue weighted by molar-refractivity contribution is 0.229. The van der Waals surface area contributed by atoms with Gasteiger partial charge in [-0.3, -0.25) is 4.90 Å². The van der Waals surface area contributed by atoms with E-state index in [1.165, 1.54) is 5.69 Å². The summed E-state index contributed by atoms with van der Waals surface area (Å²) in [5.41, 5.74) is 6.91. The van der Waals surface area contributed by atoms with E-state index in [1.54, 1.807) is 6.20 Å². The van der Waals surface area contributed by atoms with E-state index in [0.29, 0.717) is 5.82 Å². The van der Waals surface area contributed by atoms with Gasteiger partial charge in [0.05, 0.1) is 0 Å². The lowest BCUT2D eigenvalue weighted by atomic mass is 10.2. The van der Waals surface area contributed by atoms with Crippen LogP contribution in [0.5, 0.6) is 0 Å². The van der Waals surface area contributed by atoms with Crippen LogP contribution in [0, 0.1) is 0 Å². The Bertz CT molecular complexity index is 371. The van der Waals surface area contributed by atoms with Gasteiger partial charge in [-0.05, 0) is 20.2 Å². The molecule has 0 unspecified atom stereocenters. The number of aromatic nitrogens is 1. The quantitative estimate of drug-likeness (QED) is 0.834. The Morgan fingerprint density at radius 2 is 2.00 bits per heavy atom. The molecule has 1 aliphatic heterocycles. The molecule has 1 fully saturated rings. The lowest BCUT2D eigenvalue weighted by Gasteiger charge is -2.36. The van der Waals surface area contributed by atoms with E-state index in [0.717, 1.165) is 39.3 Å². The van der Waals surface area contributed by atoms with Crippen molar-refractivity contribution < 1.29 is 0 Å². The summed E-state index contributed by atoms with van der Waals surface area (Å²) in [5.74, 6) is 0.600. The van der Waals surface area contributed by atoms with Crippen molar-refractivity contribution >= 4 is 11.5 Å². The maximum atomic E-state index is 5.72. The third-order valence-electron chi connectivity index (χ3n) is 3.37. The molecule has 0 aromatic carbocycles. The summed E-state index contributed by atoms with van der Waals surface area (Å²) in [5, 5.41) is 0. The van der Waals surface area contributed by atoms with Crippen molar-refractivity contribution in [3.63, 3.8) is 0 Å². The molecule has 1 aliphatic rings. The van der Waals surface area contributed by atoms with Gasteiger partial charge in [0.15, 0.2) is 0 Å². The van der Waals surface area contributed by atoms with Crippen LogP contribution in [-0.4, -0.2) is 68.1 Å². The van der Waals surface area contributed by atoms with Crippen LogP contribution in [0.2, 0.25) is 0 Å². The molecular formula is C13H23N5. The lowest BCUT2D eigenvalue weighted by Crippen LogP contribution is -2.48. The van der Waals surface area contributed by atoms with Gasteiger partial charge in [-0.1, -0.05) is 0 Å². The number of nitrogens with two attached hydrogens (primary N) is 1. The first-order chi connectivity index (χ1) is 8.65. The molecule has 100 valence electrons. The van der Waals surface area contributed by atoms with E-state index in [-0.39, 0.29) is 0 Å². The van der Waals surface area contributed by atoms with Crippen LogP contribution < -0.4 is 10.6 Å². The number of hydrogen-bond donors (Lipinski definition) is 1. The molecule has 0 aliphatic carbocycles. The highest BCUT2D eigenvalue weighted by Gasteiger charge is 2.17. The minimum Gasteiger partial charge on any atom is -0.384 e. The van der Waals surface area contributed by atoms with Crippen LogP contribution in [0.4, 0.5) is 11.5 Å². The molecule has 5 nitrogen and oxygen atoms in total. The number of likely N-dealkylation sites (N-methyl/N-ethyl adjacent to an activating group) is 1. The molecular weight excluding hydrogens is 226 g/mol. The van der Waals surface area contributed by atoms with E-state index in [1.807, 2.05) is 12.1 Å². The first kappa shape index (κ1) is 13.1. The second kappa shape index (κ2) is 6.02. The van der Waals surface area contributed by atoms with Gasteiger partial charge in [0.25, 0.3) is 0 Å². The van der Waals surface area contributed by atoms with E-state index >= 15 is 0 Å². The molecule has 18 heavy (non-hydrogen) atoms. The smallest absolute Gasteiger partial charge is 0.125 e. The van der Waals surface area contributed by atoms with Crippen LogP contribution in [-0.2, 0) is 0 Å². The van der Waals surface area contributed by atoms with Crippen molar-refractivity contribution in [1.29, 1.82) is 0 Å². The van der Waals surface area contributed by atoms with Crippen molar-refractivity contribution in [3.8, 4) is 0 Å². The topological polar surface area (TPSA) is 48.6 Å². The van der Waals surface area contributed by atoms with Gasteiger partial charge in [0.1, 0.15) is 5.82 Å². The second-order valence-corrected chi connectivity index (χ2v) is 5.07. The van der Waals surface area contributed by atoms with Crippen LogP contribution in [0.3, 0.4) is 0 Å². The summed E-state index contributed by atoms with van der Waals surface area (Å²) in [7, 11) is 4.24. The van der Waals surface area contributed by atoms with Crippen molar-refractivity contribution in [3.05, 3.63) is 18.3 Å². The molecule has 0 saturated carbocycles. The first-order valence-electron chi connectivity index (χ1n) is 6.49. The number of nitrogen functional groups attached to an aromatic ring is 1. The van der Waals surface area contributed by atoms with Crippen molar-refractivity contribution in [2.24, 2.45) is 0 Å². The molecule has 1 saturated heterocycles. The molecule has 5 heteroatoms. The molecule has 0 radical (unpaired) electrons. The van der Waals surface area contributed by atoms with E-state index in [9.17, 15) is 0 Å². The Kier molecular flexibility index (Phi) is 4.38. The zero-order valence-corrected chi connectivity index (χ0v) is 11.3. The SMILES string of the molecule is CN(C)CCN1CCN(c2ccnc(N)c2)CC1. The van der Waals surface area contributed by atoms with Crippen molar-refractivity contribution in [1.82, 2.24) is 14.8 Å². The number of piperazine rings is 1. The summed E-state index contributed by atoms with van der Waals surface area (Å²) in [6.45, 7) is 6.65. The van der Waals surface area contributed by atoms with E-state index in [2.05, 4.69) is 33.8 Å². The molecule has 2 N–H and O–H groups in total. The van der Waals surface area contributed by atoms with Gasteiger partial charge in [-0.25, -0.2) is 4.98 Å². The Hall–Kier alpha value is -1.33. The zero-order valence-electron chi connectivity index (χ0n) is 11.3. The van der Waals surface area contributed by atoms with Gasteiger partial charge < -0.3 is 15.5 Å². The summed E-state index contributed by atoms with van der Waals surface area (Å²) in [6, 6.07) is 3.99. The first-order valence-corrected chi connectivity index (χ1v) is 6.49. The summed E-state index contributed by atoms with van der Waals surface area (Å²) in [6.07, 6.45) is 1.78. The largest absolute Gasteiger partial charge is 0.384 e. The highest BCUT2D eigenvalue weighted by Crippen LogP contribution is 2.17. The van der Waals surface area contributed by atoms with E-state index in [4.69, 9.17) is 5.73 Å². The van der Waals surface area contributed by atoms with Crippen LogP contribution in [0.25, 0.3) is 0 Å². The van der Waals surface area contributed by atoms with Gasteiger partial charge in [-0.15, -0.1) is 0 Å². The zero-order chi connectivity index (χ0) is 13.0. The van der Waals surface area contributed by atoms with Gasteiger partial charge >= 0.3 is 0 Å². The normalized spacial score (nSPS) is 17.4. The maximum Gasteiger partial charge on any atom is 0.125 e. The molecule has 2 rings (SSSR count). The minimum absolute atomic E-state index is 0.600. The Morgan fingerprint density at radius 3 is 2.61 bits per heavy atom. The fraction of sp³-hybridized carbons (Fsp3) is 0.615. The average Bonchev–Trinajstić information content (AvgIpc) is 2.37. The molecule has 1 aromatic rings.